The van der Waals surface area contributed by atoms with Crippen LogP contribution in [-0.4, -0.2) is 50.2 Å². The molecule has 2 fully saturated rings. The predicted octanol–water partition coefficient (Wildman–Crippen LogP) is 2.94. The Morgan fingerprint density at radius 3 is 2.84 bits per heavy atom. The van der Waals surface area contributed by atoms with Crippen LogP contribution in [0.1, 0.15) is 69.0 Å². The minimum Gasteiger partial charge on any atom is -0.444 e. The van der Waals surface area contributed by atoms with Crippen LogP contribution in [0, 0.1) is 12.8 Å². The van der Waals surface area contributed by atoms with E-state index in [9.17, 15) is 9.59 Å². The van der Waals surface area contributed by atoms with Gasteiger partial charge in [0.05, 0.1) is 18.5 Å². The Labute approximate surface area is 187 Å². The number of hydrogen-bond acceptors (Lipinski definition) is 6. The van der Waals surface area contributed by atoms with Crippen LogP contribution in [0.3, 0.4) is 0 Å². The third kappa shape index (κ3) is 4.79. The summed E-state index contributed by atoms with van der Waals surface area (Å²) in [6.45, 7) is 8.24. The van der Waals surface area contributed by atoms with Gasteiger partial charge in [-0.3, -0.25) is 14.6 Å². The molecule has 3 heterocycles. The summed E-state index contributed by atoms with van der Waals surface area (Å²) in [5.74, 6) is 0.570. The fourth-order valence-electron chi connectivity index (χ4n) is 3.94. The summed E-state index contributed by atoms with van der Waals surface area (Å²) in [6, 6.07) is 1.78. The molecule has 32 heavy (non-hydrogen) atoms. The molecular weight excluding hydrogens is 412 g/mol. The molecular formula is C22H32N6O4. The highest BCUT2D eigenvalue weighted by molar-refractivity contribution is 5.94. The van der Waals surface area contributed by atoms with Crippen molar-refractivity contribution in [3.8, 4) is 0 Å². The van der Waals surface area contributed by atoms with E-state index in [0.29, 0.717) is 18.8 Å². The summed E-state index contributed by atoms with van der Waals surface area (Å²) < 4.78 is 13.1. The maximum Gasteiger partial charge on any atom is 0.407 e. The number of nitrogens with one attached hydrogen (secondary N) is 3. The van der Waals surface area contributed by atoms with Gasteiger partial charge in [-0.25, -0.2) is 4.79 Å². The Kier molecular flexibility index (Phi) is 5.98. The highest BCUT2D eigenvalue weighted by Gasteiger charge is 2.45. The molecule has 0 spiro atoms. The summed E-state index contributed by atoms with van der Waals surface area (Å²) >= 11 is 0. The standard InChI is InChI=1S/C22H32N6O4/c1-6-22(3,4)25-21(30)32-13-7-18(31-11-13)17-9-19(27-26-17)24-20(29)15-8-14(15)16-10-23-28(5)12(16)2/h9-10,13-15,18H,6-8,11H2,1-5H3,(H,25,30)(H2,24,26,27,29)/t13-,14-,15-,18-/m1/s1. The number of ether oxygens (including phenoxy) is 2. The normalized spacial score (nSPS) is 24.9. The van der Waals surface area contributed by atoms with E-state index in [4.69, 9.17) is 9.47 Å². The number of alkyl carbamates (subject to hydrolysis) is 1. The zero-order valence-corrected chi connectivity index (χ0v) is 19.3. The number of H-pyrrole nitrogens is 1. The number of aromatic nitrogens is 4. The number of carbonyl (C=O) groups excluding carboxylic acids is 2. The largest absolute Gasteiger partial charge is 0.444 e. The Bertz CT molecular complexity index is 996. The van der Waals surface area contributed by atoms with Gasteiger partial charge in [-0.2, -0.15) is 10.2 Å². The fraction of sp³-hybridized carbons (Fsp3) is 0.636. The van der Waals surface area contributed by atoms with Crippen molar-refractivity contribution in [2.75, 3.05) is 11.9 Å². The first-order valence-electron chi connectivity index (χ1n) is 11.1. The van der Waals surface area contributed by atoms with Crippen molar-refractivity contribution in [1.29, 1.82) is 0 Å². The minimum absolute atomic E-state index is 0.0416. The van der Waals surface area contributed by atoms with Crippen LogP contribution in [0.4, 0.5) is 10.6 Å². The first kappa shape index (κ1) is 22.3. The lowest BCUT2D eigenvalue weighted by Crippen LogP contribution is -2.44. The van der Waals surface area contributed by atoms with E-state index in [1.54, 1.807) is 6.07 Å². The summed E-state index contributed by atoms with van der Waals surface area (Å²) in [5, 5.41) is 17.1. The fourth-order valence-corrected chi connectivity index (χ4v) is 3.94. The molecule has 2 amide bonds. The topological polar surface area (TPSA) is 123 Å². The number of aryl methyl sites for hydroxylation is 1. The van der Waals surface area contributed by atoms with Crippen LogP contribution in [0.25, 0.3) is 0 Å². The Morgan fingerprint density at radius 1 is 1.38 bits per heavy atom. The molecule has 10 nitrogen and oxygen atoms in total. The molecule has 0 radical (unpaired) electrons. The highest BCUT2D eigenvalue weighted by atomic mass is 16.6. The molecule has 1 aliphatic carbocycles. The lowest BCUT2D eigenvalue weighted by Gasteiger charge is -2.24. The van der Waals surface area contributed by atoms with E-state index in [1.165, 1.54) is 0 Å². The summed E-state index contributed by atoms with van der Waals surface area (Å²) in [5.41, 5.74) is 2.65. The van der Waals surface area contributed by atoms with Gasteiger partial charge in [0.2, 0.25) is 5.91 Å². The molecule has 2 aromatic rings. The van der Waals surface area contributed by atoms with Crippen LogP contribution >= 0.6 is 0 Å². The second kappa shape index (κ2) is 8.57. The van der Waals surface area contributed by atoms with Crippen molar-refractivity contribution < 1.29 is 19.1 Å². The number of rotatable bonds is 7. The maximum atomic E-state index is 12.6. The van der Waals surface area contributed by atoms with Crippen LogP contribution < -0.4 is 10.6 Å². The average Bonchev–Trinajstić information content (AvgIpc) is 3.01. The first-order valence-corrected chi connectivity index (χ1v) is 11.1. The van der Waals surface area contributed by atoms with E-state index in [2.05, 4.69) is 25.9 Å². The zero-order valence-electron chi connectivity index (χ0n) is 19.3. The zero-order chi connectivity index (χ0) is 23.0. The molecule has 0 aromatic carbocycles. The maximum absolute atomic E-state index is 12.6. The molecule has 10 heteroatoms. The van der Waals surface area contributed by atoms with Crippen molar-refractivity contribution in [3.05, 3.63) is 29.2 Å². The van der Waals surface area contributed by atoms with Crippen molar-refractivity contribution in [2.45, 2.75) is 70.6 Å². The van der Waals surface area contributed by atoms with Gasteiger partial charge < -0.3 is 20.1 Å². The van der Waals surface area contributed by atoms with Gasteiger partial charge in [0.1, 0.15) is 12.2 Å². The Balaban J connectivity index is 1.27. The molecule has 3 N–H and O–H groups in total. The third-order valence-electron chi connectivity index (χ3n) is 6.55. The van der Waals surface area contributed by atoms with Gasteiger partial charge in [0.15, 0.2) is 5.82 Å². The molecule has 1 aliphatic heterocycles. The molecule has 2 aliphatic rings. The van der Waals surface area contributed by atoms with Gasteiger partial charge in [0.25, 0.3) is 0 Å². The van der Waals surface area contributed by atoms with Gasteiger partial charge in [-0.1, -0.05) is 6.92 Å². The molecule has 4 rings (SSSR count). The first-order chi connectivity index (χ1) is 15.2. The van der Waals surface area contributed by atoms with Crippen LogP contribution in [-0.2, 0) is 21.3 Å². The number of amides is 2. The van der Waals surface area contributed by atoms with E-state index >= 15 is 0 Å². The average molecular weight is 445 g/mol. The van der Waals surface area contributed by atoms with Gasteiger partial charge in [-0.05, 0) is 45.1 Å². The Hall–Kier alpha value is -2.88. The quantitative estimate of drug-likeness (QED) is 0.603. The minimum atomic E-state index is -0.438. The number of carbonyl (C=O) groups is 2. The highest BCUT2D eigenvalue weighted by Crippen LogP contribution is 2.48. The van der Waals surface area contributed by atoms with Crippen molar-refractivity contribution in [1.82, 2.24) is 25.3 Å². The lowest BCUT2D eigenvalue weighted by atomic mass is 10.0. The monoisotopic (exact) mass is 444 g/mol. The second-order valence-electron chi connectivity index (χ2n) is 9.40. The molecule has 1 saturated carbocycles. The number of hydrogen-bond donors (Lipinski definition) is 3. The smallest absolute Gasteiger partial charge is 0.407 e. The molecule has 2 aromatic heterocycles. The van der Waals surface area contributed by atoms with Crippen molar-refractivity contribution in [2.24, 2.45) is 13.0 Å². The van der Waals surface area contributed by atoms with Gasteiger partial charge in [-0.15, -0.1) is 0 Å². The van der Waals surface area contributed by atoms with E-state index < -0.39 is 6.09 Å². The van der Waals surface area contributed by atoms with E-state index in [1.807, 2.05) is 45.6 Å². The lowest BCUT2D eigenvalue weighted by molar-refractivity contribution is -0.117. The van der Waals surface area contributed by atoms with E-state index in [0.717, 1.165) is 29.8 Å². The number of anilines is 1. The van der Waals surface area contributed by atoms with Crippen LogP contribution in [0.15, 0.2) is 12.3 Å². The third-order valence-corrected chi connectivity index (χ3v) is 6.55. The molecule has 174 valence electrons. The molecule has 0 unspecified atom stereocenters. The SMILES string of the molecule is CCC(C)(C)NC(=O)O[C@H]1CO[C@@H](c2cc(NC(=O)[C@@H]3C[C@H]3c3cnn(C)c3C)n[nH]2)C1. The second-order valence-corrected chi connectivity index (χ2v) is 9.40. The van der Waals surface area contributed by atoms with Gasteiger partial charge >= 0.3 is 6.09 Å². The molecule has 0 bridgehead atoms. The summed E-state index contributed by atoms with van der Waals surface area (Å²) in [6.07, 6.45) is 2.96. The van der Waals surface area contributed by atoms with Crippen LogP contribution in [0.2, 0.25) is 0 Å². The molecule has 1 saturated heterocycles. The van der Waals surface area contributed by atoms with Crippen molar-refractivity contribution in [3.63, 3.8) is 0 Å². The predicted molar refractivity (Wildman–Crippen MR) is 117 cm³/mol. The van der Waals surface area contributed by atoms with Crippen LogP contribution in [0.5, 0.6) is 0 Å². The van der Waals surface area contributed by atoms with Gasteiger partial charge in [0, 0.05) is 36.7 Å². The Morgan fingerprint density at radius 2 is 2.16 bits per heavy atom. The van der Waals surface area contributed by atoms with E-state index in [-0.39, 0.29) is 35.5 Å². The number of aromatic amines is 1. The molecule has 4 atom stereocenters. The summed E-state index contributed by atoms with van der Waals surface area (Å²) in [4.78, 5) is 24.7. The summed E-state index contributed by atoms with van der Waals surface area (Å²) in [7, 11) is 1.90. The number of nitrogens with zero attached hydrogens (tertiary/aromatic N) is 3. The van der Waals surface area contributed by atoms with Crippen molar-refractivity contribution >= 4 is 17.8 Å².